The first-order valence-corrected chi connectivity index (χ1v) is 6.45. The highest BCUT2D eigenvalue weighted by atomic mass is 35.5. The zero-order valence-corrected chi connectivity index (χ0v) is 11.6. The minimum atomic E-state index is -0.285. The summed E-state index contributed by atoms with van der Waals surface area (Å²) in [4.78, 5) is 18.0. The maximum Gasteiger partial charge on any atom is 0.349 e. The smallest absolute Gasteiger partial charge is 0.349 e. The van der Waals surface area contributed by atoms with Crippen molar-refractivity contribution >= 4 is 23.1 Å². The summed E-state index contributed by atoms with van der Waals surface area (Å²) in [5, 5.41) is 6.36. The molecule has 19 heavy (non-hydrogen) atoms. The molecule has 2 aromatic rings. The molecule has 1 N–H and O–H groups in total. The Labute approximate surface area is 115 Å². The molecule has 0 radical (unpaired) electrons. The van der Waals surface area contributed by atoms with Gasteiger partial charge in [-0.2, -0.15) is 5.10 Å². The van der Waals surface area contributed by atoms with Gasteiger partial charge in [0.2, 0.25) is 0 Å². The second-order valence-electron chi connectivity index (χ2n) is 4.05. The highest BCUT2D eigenvalue weighted by Crippen LogP contribution is 2.13. The van der Waals surface area contributed by atoms with Gasteiger partial charge in [0, 0.05) is 32.1 Å². The zero-order chi connectivity index (χ0) is 13.8. The summed E-state index contributed by atoms with van der Waals surface area (Å²) in [6.45, 7) is 3.68. The van der Waals surface area contributed by atoms with Crippen LogP contribution in [0.15, 0.2) is 10.9 Å². The Morgan fingerprint density at radius 3 is 3.00 bits per heavy atom. The first kappa shape index (κ1) is 13.8. The second kappa shape index (κ2) is 6.03. The largest absolute Gasteiger partial charge is 0.383 e. The number of methoxy groups -OCH3 is 1. The number of anilines is 1. The first-order chi connectivity index (χ1) is 9.17. The molecule has 0 spiro atoms. The van der Waals surface area contributed by atoms with Crippen LogP contribution in [0.1, 0.15) is 5.82 Å². The molecule has 8 heteroatoms. The van der Waals surface area contributed by atoms with Crippen molar-refractivity contribution < 1.29 is 4.74 Å². The van der Waals surface area contributed by atoms with Crippen LogP contribution in [-0.2, 0) is 4.74 Å². The molecule has 0 saturated carbocycles. The second-order valence-corrected chi connectivity index (χ2v) is 4.43. The van der Waals surface area contributed by atoms with Crippen molar-refractivity contribution in [2.24, 2.45) is 0 Å². The number of halogens is 1. The summed E-state index contributed by atoms with van der Waals surface area (Å²) in [7, 11) is 1.65. The number of hydrogen-bond acceptors (Lipinski definition) is 5. The molecule has 0 amide bonds. The molecule has 0 aliphatic heterocycles. The van der Waals surface area contributed by atoms with Crippen LogP contribution in [0.2, 0.25) is 0 Å². The number of hydrogen-bond donors (Lipinski definition) is 1. The van der Waals surface area contributed by atoms with Crippen molar-refractivity contribution in [2.75, 3.05) is 37.6 Å². The number of aromatic amines is 1. The fourth-order valence-electron chi connectivity index (χ4n) is 1.89. The van der Waals surface area contributed by atoms with E-state index >= 15 is 0 Å². The van der Waals surface area contributed by atoms with Crippen molar-refractivity contribution in [1.29, 1.82) is 0 Å². The molecule has 0 atom stereocenters. The van der Waals surface area contributed by atoms with E-state index in [1.54, 1.807) is 20.1 Å². The summed E-state index contributed by atoms with van der Waals surface area (Å²) in [5.74, 6) is 1.81. The van der Waals surface area contributed by atoms with Crippen LogP contribution in [0.25, 0.3) is 5.65 Å². The van der Waals surface area contributed by atoms with E-state index in [0.717, 1.165) is 5.82 Å². The average Bonchev–Trinajstić information content (AvgIpc) is 2.76. The third-order valence-electron chi connectivity index (χ3n) is 2.80. The van der Waals surface area contributed by atoms with Crippen LogP contribution in [0.3, 0.4) is 0 Å². The molecule has 0 bridgehead atoms. The van der Waals surface area contributed by atoms with Gasteiger partial charge in [0.05, 0.1) is 6.61 Å². The Hall–Kier alpha value is -1.60. The summed E-state index contributed by atoms with van der Waals surface area (Å²) in [5.41, 5.74) is 0.261. The SMILES string of the molecule is COCCN(CCCl)c1cc2n[nH]c(=O)n2c(C)n1. The molecule has 2 heterocycles. The van der Waals surface area contributed by atoms with Crippen LogP contribution in [-0.4, -0.2) is 52.3 Å². The summed E-state index contributed by atoms with van der Waals surface area (Å²) >= 11 is 5.80. The van der Waals surface area contributed by atoms with Gasteiger partial charge in [-0.3, -0.25) is 0 Å². The molecule has 2 aromatic heterocycles. The minimum Gasteiger partial charge on any atom is -0.383 e. The predicted molar refractivity (Wildman–Crippen MR) is 73.2 cm³/mol. The number of nitrogens with one attached hydrogen (secondary N) is 1. The van der Waals surface area contributed by atoms with Gasteiger partial charge in [-0.25, -0.2) is 19.3 Å². The van der Waals surface area contributed by atoms with Gasteiger partial charge in [0.25, 0.3) is 0 Å². The fraction of sp³-hybridized carbons (Fsp3) is 0.545. The van der Waals surface area contributed by atoms with Crippen LogP contribution < -0.4 is 10.6 Å². The highest BCUT2D eigenvalue weighted by Gasteiger charge is 2.12. The average molecular weight is 286 g/mol. The topological polar surface area (TPSA) is 75.5 Å². The van der Waals surface area contributed by atoms with E-state index in [1.807, 2.05) is 4.90 Å². The van der Waals surface area contributed by atoms with E-state index in [0.29, 0.717) is 37.0 Å². The molecule has 0 saturated heterocycles. The Morgan fingerprint density at radius 2 is 2.32 bits per heavy atom. The van der Waals surface area contributed by atoms with E-state index in [-0.39, 0.29) is 5.69 Å². The quantitative estimate of drug-likeness (QED) is 0.779. The van der Waals surface area contributed by atoms with Gasteiger partial charge < -0.3 is 9.64 Å². The Balaban J connectivity index is 2.39. The number of aromatic nitrogens is 4. The number of fused-ring (bicyclic) bond motifs is 1. The maximum absolute atomic E-state index is 11.5. The molecule has 7 nitrogen and oxygen atoms in total. The van der Waals surface area contributed by atoms with Gasteiger partial charge in [0.1, 0.15) is 11.6 Å². The van der Waals surface area contributed by atoms with Crippen LogP contribution in [0.4, 0.5) is 5.82 Å². The number of rotatable bonds is 6. The third-order valence-corrected chi connectivity index (χ3v) is 2.97. The Bertz CT molecular complexity index is 609. The van der Waals surface area contributed by atoms with Crippen molar-refractivity contribution in [3.63, 3.8) is 0 Å². The van der Waals surface area contributed by atoms with Crippen molar-refractivity contribution in [2.45, 2.75) is 6.92 Å². The molecule has 104 valence electrons. The standard InChI is InChI=1S/C11H16ClN5O2/c1-8-13-9(16(4-3-12)5-6-19-2)7-10-14-15-11(18)17(8)10/h7H,3-6H2,1-2H3,(H,15,18). The lowest BCUT2D eigenvalue weighted by molar-refractivity contribution is 0.205. The predicted octanol–water partition coefficient (Wildman–Crippen LogP) is 0.418. The Morgan fingerprint density at radius 1 is 1.53 bits per heavy atom. The lowest BCUT2D eigenvalue weighted by Gasteiger charge is -2.22. The first-order valence-electron chi connectivity index (χ1n) is 5.92. The molecule has 0 aromatic carbocycles. The van der Waals surface area contributed by atoms with Gasteiger partial charge in [-0.1, -0.05) is 0 Å². The van der Waals surface area contributed by atoms with Gasteiger partial charge in [-0.15, -0.1) is 11.6 Å². The van der Waals surface area contributed by atoms with E-state index in [2.05, 4.69) is 15.2 Å². The van der Waals surface area contributed by atoms with Crippen LogP contribution >= 0.6 is 11.6 Å². The van der Waals surface area contributed by atoms with E-state index in [4.69, 9.17) is 16.3 Å². The maximum atomic E-state index is 11.5. The summed E-state index contributed by atoms with van der Waals surface area (Å²) < 4.78 is 6.50. The van der Waals surface area contributed by atoms with Crippen molar-refractivity contribution in [3.8, 4) is 0 Å². The van der Waals surface area contributed by atoms with Crippen LogP contribution in [0.5, 0.6) is 0 Å². The van der Waals surface area contributed by atoms with Crippen molar-refractivity contribution in [1.82, 2.24) is 19.6 Å². The van der Waals surface area contributed by atoms with Gasteiger partial charge in [-0.05, 0) is 6.92 Å². The van der Waals surface area contributed by atoms with Gasteiger partial charge in [0.15, 0.2) is 5.65 Å². The molecule has 0 fully saturated rings. The summed E-state index contributed by atoms with van der Waals surface area (Å²) in [6.07, 6.45) is 0. The lowest BCUT2D eigenvalue weighted by Crippen LogP contribution is -2.30. The number of nitrogens with zero attached hydrogens (tertiary/aromatic N) is 4. The fourth-order valence-corrected chi connectivity index (χ4v) is 2.09. The Kier molecular flexibility index (Phi) is 4.39. The zero-order valence-electron chi connectivity index (χ0n) is 10.9. The summed E-state index contributed by atoms with van der Waals surface area (Å²) in [6, 6.07) is 1.76. The normalized spacial score (nSPS) is 11.1. The minimum absolute atomic E-state index is 0.285. The molecular formula is C11H16ClN5O2. The molecule has 2 rings (SSSR count). The number of H-pyrrole nitrogens is 1. The number of alkyl halides is 1. The molecule has 0 aliphatic carbocycles. The van der Waals surface area contributed by atoms with Crippen LogP contribution in [0, 0.1) is 6.92 Å². The lowest BCUT2D eigenvalue weighted by atomic mass is 10.4. The highest BCUT2D eigenvalue weighted by molar-refractivity contribution is 6.18. The number of ether oxygens (including phenoxy) is 1. The van der Waals surface area contributed by atoms with Crippen molar-refractivity contribution in [3.05, 3.63) is 22.4 Å². The molecular weight excluding hydrogens is 270 g/mol. The monoisotopic (exact) mass is 285 g/mol. The molecule has 0 unspecified atom stereocenters. The van der Waals surface area contributed by atoms with E-state index < -0.39 is 0 Å². The number of aryl methyl sites for hydroxylation is 1. The molecule has 0 aliphatic rings. The van der Waals surface area contributed by atoms with E-state index in [1.165, 1.54) is 4.40 Å². The van der Waals surface area contributed by atoms with Gasteiger partial charge >= 0.3 is 5.69 Å². The van der Waals surface area contributed by atoms with E-state index in [9.17, 15) is 4.79 Å². The third kappa shape index (κ3) is 2.87.